The number of hydrogen-bond acceptors (Lipinski definition) is 4. The molecule has 6 nitrogen and oxygen atoms in total. The highest BCUT2D eigenvalue weighted by atomic mass is 79.9. The van der Waals surface area contributed by atoms with Gasteiger partial charge in [-0.1, -0.05) is 52.3 Å². The van der Waals surface area contributed by atoms with Gasteiger partial charge in [-0.15, -0.1) is 0 Å². The number of aryl methyl sites for hydroxylation is 1. The first kappa shape index (κ1) is 20.1. The maximum absolute atomic E-state index is 12.4. The summed E-state index contributed by atoms with van der Waals surface area (Å²) in [4.78, 5) is 16.9. The molecule has 0 bridgehead atoms. The molecule has 0 fully saturated rings. The molecule has 0 unspecified atom stereocenters. The number of nitrogens with zero attached hydrogens (tertiary/aromatic N) is 3. The molecule has 2 heterocycles. The van der Waals surface area contributed by atoms with Crippen molar-refractivity contribution in [2.75, 3.05) is 0 Å². The van der Waals surface area contributed by atoms with E-state index < -0.39 is 0 Å². The van der Waals surface area contributed by atoms with Gasteiger partial charge < -0.3 is 14.4 Å². The second-order valence-electron chi connectivity index (χ2n) is 6.90. The maximum atomic E-state index is 12.4. The molecule has 7 heteroatoms. The average Bonchev–Trinajstić information content (AvgIpc) is 3.42. The smallest absolute Gasteiger partial charge is 0.274 e. The minimum absolute atomic E-state index is 0.0836. The fourth-order valence-corrected chi connectivity index (χ4v) is 3.36. The van der Waals surface area contributed by atoms with E-state index in [-0.39, 0.29) is 12.5 Å². The van der Waals surface area contributed by atoms with Crippen LogP contribution >= 0.6 is 15.9 Å². The molecule has 4 aromatic rings. The summed E-state index contributed by atoms with van der Waals surface area (Å²) in [5.41, 5.74) is 3.92. The molecule has 0 aliphatic rings. The molecule has 4 rings (SSSR count). The first-order chi connectivity index (χ1) is 14.6. The summed E-state index contributed by atoms with van der Waals surface area (Å²) in [6.07, 6.45) is 2.83. The Balaban J connectivity index is 1.41. The third-order valence-corrected chi connectivity index (χ3v) is 5.34. The zero-order valence-corrected chi connectivity index (χ0v) is 18.1. The summed E-state index contributed by atoms with van der Waals surface area (Å²) >= 11 is 3.42. The van der Waals surface area contributed by atoms with Gasteiger partial charge >= 0.3 is 0 Å². The molecule has 1 N–H and O–H groups in total. The SMILES string of the molecule is CCc1ccc(CNC(=O)Cn2cccc2-c2nc(-c3ccc(Br)cc3)no2)cc1. The van der Waals surface area contributed by atoms with Crippen LogP contribution in [-0.2, 0) is 24.3 Å². The number of amides is 1. The van der Waals surface area contributed by atoms with Crippen molar-refractivity contribution in [1.82, 2.24) is 20.0 Å². The zero-order valence-electron chi connectivity index (χ0n) is 16.5. The van der Waals surface area contributed by atoms with E-state index in [9.17, 15) is 4.79 Å². The number of nitrogens with one attached hydrogen (secondary N) is 1. The molecule has 0 radical (unpaired) electrons. The number of carbonyl (C=O) groups excluding carboxylic acids is 1. The molecule has 0 saturated heterocycles. The van der Waals surface area contributed by atoms with Crippen molar-refractivity contribution in [2.24, 2.45) is 0 Å². The van der Waals surface area contributed by atoms with E-state index in [0.717, 1.165) is 22.0 Å². The molecular weight excluding hydrogens is 444 g/mol. The van der Waals surface area contributed by atoms with Crippen molar-refractivity contribution < 1.29 is 9.32 Å². The number of benzene rings is 2. The Morgan fingerprint density at radius 3 is 2.53 bits per heavy atom. The third kappa shape index (κ3) is 4.68. The Morgan fingerprint density at radius 2 is 1.80 bits per heavy atom. The average molecular weight is 465 g/mol. The van der Waals surface area contributed by atoms with Gasteiger partial charge in [0.1, 0.15) is 12.2 Å². The van der Waals surface area contributed by atoms with E-state index in [1.807, 2.05) is 54.7 Å². The summed E-state index contributed by atoms with van der Waals surface area (Å²) in [7, 11) is 0. The largest absolute Gasteiger partial charge is 0.350 e. The predicted octanol–water partition coefficient (Wildman–Crippen LogP) is 4.85. The number of hydrogen-bond donors (Lipinski definition) is 1. The minimum atomic E-state index is -0.0836. The van der Waals surface area contributed by atoms with Gasteiger partial charge in [-0.05, 0) is 53.9 Å². The van der Waals surface area contributed by atoms with E-state index in [4.69, 9.17) is 4.52 Å². The van der Waals surface area contributed by atoms with Gasteiger partial charge in [0, 0.05) is 22.8 Å². The lowest BCUT2D eigenvalue weighted by atomic mass is 10.1. The van der Waals surface area contributed by atoms with Crippen LogP contribution in [0.15, 0.2) is 75.9 Å². The predicted molar refractivity (Wildman–Crippen MR) is 119 cm³/mol. The van der Waals surface area contributed by atoms with Gasteiger partial charge in [0.15, 0.2) is 0 Å². The Hall–Kier alpha value is -3.19. The number of carbonyl (C=O) groups is 1. The fourth-order valence-electron chi connectivity index (χ4n) is 3.09. The quantitative estimate of drug-likeness (QED) is 0.424. The Kier molecular flexibility index (Phi) is 6.09. The highest BCUT2D eigenvalue weighted by Crippen LogP contribution is 2.24. The lowest BCUT2D eigenvalue weighted by molar-refractivity contribution is -0.121. The lowest BCUT2D eigenvalue weighted by Gasteiger charge is -2.08. The molecule has 30 heavy (non-hydrogen) atoms. The summed E-state index contributed by atoms with van der Waals surface area (Å²) in [6.45, 7) is 2.79. The van der Waals surface area contributed by atoms with Crippen LogP contribution < -0.4 is 5.32 Å². The first-order valence-electron chi connectivity index (χ1n) is 9.72. The standard InChI is InChI=1S/C23H21BrN4O2/c1-2-16-5-7-17(8-6-16)14-25-21(29)15-28-13-3-4-20(28)23-26-22(27-30-23)18-9-11-19(24)12-10-18/h3-13H,2,14-15H2,1H3,(H,25,29). The van der Waals surface area contributed by atoms with Crippen molar-refractivity contribution in [3.63, 3.8) is 0 Å². The second-order valence-corrected chi connectivity index (χ2v) is 7.81. The van der Waals surface area contributed by atoms with Crippen LogP contribution in [0.2, 0.25) is 0 Å². The van der Waals surface area contributed by atoms with Crippen LogP contribution in [-0.4, -0.2) is 20.6 Å². The fraction of sp³-hybridized carbons (Fsp3) is 0.174. The van der Waals surface area contributed by atoms with Crippen molar-refractivity contribution in [1.29, 1.82) is 0 Å². The van der Waals surface area contributed by atoms with Crippen LogP contribution in [0.1, 0.15) is 18.1 Å². The van der Waals surface area contributed by atoms with E-state index >= 15 is 0 Å². The summed E-state index contributed by atoms with van der Waals surface area (Å²) in [5, 5.41) is 7.03. The molecule has 0 saturated carbocycles. The van der Waals surface area contributed by atoms with Gasteiger partial charge in [-0.2, -0.15) is 4.98 Å². The van der Waals surface area contributed by atoms with Gasteiger partial charge in [0.2, 0.25) is 11.7 Å². The molecular formula is C23H21BrN4O2. The molecule has 2 aromatic heterocycles. The van der Waals surface area contributed by atoms with Crippen LogP contribution in [0, 0.1) is 0 Å². The Bertz CT molecular complexity index is 1130. The van der Waals surface area contributed by atoms with Gasteiger partial charge in [0.05, 0.1) is 0 Å². The molecule has 1 amide bonds. The molecule has 0 aliphatic heterocycles. The van der Waals surface area contributed by atoms with Crippen LogP contribution in [0.25, 0.3) is 23.0 Å². The molecule has 0 aliphatic carbocycles. The monoisotopic (exact) mass is 464 g/mol. The lowest BCUT2D eigenvalue weighted by Crippen LogP contribution is -2.27. The van der Waals surface area contributed by atoms with Gasteiger partial charge in [-0.25, -0.2) is 0 Å². The van der Waals surface area contributed by atoms with E-state index in [1.54, 1.807) is 4.57 Å². The summed E-state index contributed by atoms with van der Waals surface area (Å²) in [5.74, 6) is 0.797. The van der Waals surface area contributed by atoms with Crippen molar-refractivity contribution in [2.45, 2.75) is 26.4 Å². The number of rotatable bonds is 7. The topological polar surface area (TPSA) is 73.0 Å². The van der Waals surface area contributed by atoms with E-state index in [2.05, 4.69) is 50.4 Å². The molecule has 0 atom stereocenters. The summed E-state index contributed by atoms with van der Waals surface area (Å²) < 4.78 is 8.22. The molecule has 2 aromatic carbocycles. The Labute approximate surface area is 183 Å². The van der Waals surface area contributed by atoms with E-state index in [1.165, 1.54) is 5.56 Å². The first-order valence-corrected chi connectivity index (χ1v) is 10.5. The highest BCUT2D eigenvalue weighted by Gasteiger charge is 2.15. The Morgan fingerprint density at radius 1 is 1.07 bits per heavy atom. The highest BCUT2D eigenvalue weighted by molar-refractivity contribution is 9.10. The number of aromatic nitrogens is 3. The second kappa shape index (κ2) is 9.09. The van der Waals surface area contributed by atoms with Crippen LogP contribution in [0.4, 0.5) is 0 Å². The summed E-state index contributed by atoms with van der Waals surface area (Å²) in [6, 6.07) is 19.7. The van der Waals surface area contributed by atoms with E-state index in [0.29, 0.717) is 24.0 Å². The minimum Gasteiger partial charge on any atom is -0.350 e. The zero-order chi connectivity index (χ0) is 20.9. The van der Waals surface area contributed by atoms with Gasteiger partial charge in [-0.3, -0.25) is 4.79 Å². The van der Waals surface area contributed by atoms with Gasteiger partial charge in [0.25, 0.3) is 5.89 Å². The normalized spacial score (nSPS) is 10.9. The van der Waals surface area contributed by atoms with Crippen LogP contribution in [0.5, 0.6) is 0 Å². The third-order valence-electron chi connectivity index (χ3n) is 4.81. The van der Waals surface area contributed by atoms with Crippen molar-refractivity contribution in [3.05, 3.63) is 82.5 Å². The van der Waals surface area contributed by atoms with Crippen LogP contribution in [0.3, 0.4) is 0 Å². The number of halogens is 1. The molecule has 152 valence electrons. The van der Waals surface area contributed by atoms with Crippen molar-refractivity contribution in [3.8, 4) is 23.0 Å². The maximum Gasteiger partial charge on any atom is 0.274 e. The van der Waals surface area contributed by atoms with Crippen molar-refractivity contribution >= 4 is 21.8 Å². The molecule has 0 spiro atoms.